The van der Waals surface area contributed by atoms with Crippen LogP contribution < -0.4 is 10.6 Å². The van der Waals surface area contributed by atoms with E-state index in [1.54, 1.807) is 11.3 Å². The molecule has 3 aromatic rings. The Morgan fingerprint density at radius 1 is 0.913 bits per heavy atom. The molecule has 0 radical (unpaired) electrons. The smallest absolute Gasteiger partial charge is 0.229 e. The second-order valence-corrected chi connectivity index (χ2v) is 6.48. The van der Waals surface area contributed by atoms with Crippen LogP contribution in [0.4, 0.5) is 17.1 Å². The maximum atomic E-state index is 12.0. The second-order valence-electron chi connectivity index (χ2n) is 5.01. The summed E-state index contributed by atoms with van der Waals surface area (Å²) in [6.07, 6.45) is 0.405. The first-order valence-electron chi connectivity index (χ1n) is 7.14. The van der Waals surface area contributed by atoms with Gasteiger partial charge in [0.25, 0.3) is 0 Å². The highest BCUT2D eigenvalue weighted by atomic mass is 35.5. The van der Waals surface area contributed by atoms with Crippen molar-refractivity contribution in [2.45, 2.75) is 6.42 Å². The normalized spacial score (nSPS) is 10.3. The summed E-state index contributed by atoms with van der Waals surface area (Å²) in [5.74, 6) is -0.00846. The summed E-state index contributed by atoms with van der Waals surface area (Å²) in [4.78, 5) is 13.0. The van der Waals surface area contributed by atoms with Crippen molar-refractivity contribution in [2.75, 3.05) is 10.6 Å². The van der Waals surface area contributed by atoms with E-state index in [-0.39, 0.29) is 5.91 Å². The topological polar surface area (TPSA) is 41.1 Å². The van der Waals surface area contributed by atoms with Gasteiger partial charge < -0.3 is 10.6 Å². The van der Waals surface area contributed by atoms with Crippen molar-refractivity contribution < 1.29 is 4.79 Å². The van der Waals surface area contributed by atoms with E-state index in [2.05, 4.69) is 10.6 Å². The molecule has 1 amide bonds. The zero-order valence-electron chi connectivity index (χ0n) is 12.3. The molecule has 116 valence electrons. The highest BCUT2D eigenvalue weighted by Gasteiger charge is 2.05. The fourth-order valence-corrected chi connectivity index (χ4v) is 2.94. The molecule has 0 aliphatic carbocycles. The van der Waals surface area contributed by atoms with Gasteiger partial charge in [-0.1, -0.05) is 17.7 Å². The number of rotatable bonds is 5. The summed E-state index contributed by atoms with van der Waals surface area (Å²) < 4.78 is 0. The van der Waals surface area contributed by atoms with Crippen LogP contribution in [0.1, 0.15) is 4.88 Å². The van der Waals surface area contributed by atoms with Crippen LogP contribution in [0.2, 0.25) is 5.02 Å². The van der Waals surface area contributed by atoms with Crippen LogP contribution in [0.25, 0.3) is 0 Å². The zero-order chi connectivity index (χ0) is 16.1. The van der Waals surface area contributed by atoms with Crippen LogP contribution in [0, 0.1) is 0 Å². The molecule has 2 N–H and O–H groups in total. The Labute approximate surface area is 143 Å². The third-order valence-corrected chi connectivity index (χ3v) is 4.34. The minimum absolute atomic E-state index is 0.00846. The second kappa shape index (κ2) is 7.31. The first-order valence-corrected chi connectivity index (χ1v) is 8.40. The Morgan fingerprint density at radius 3 is 2.13 bits per heavy atom. The van der Waals surface area contributed by atoms with Crippen LogP contribution in [-0.4, -0.2) is 5.91 Å². The van der Waals surface area contributed by atoms with Crippen molar-refractivity contribution in [2.24, 2.45) is 0 Å². The molecule has 0 aliphatic heterocycles. The lowest BCUT2D eigenvalue weighted by molar-refractivity contribution is -0.115. The van der Waals surface area contributed by atoms with Crippen molar-refractivity contribution in [1.29, 1.82) is 0 Å². The Balaban J connectivity index is 1.58. The summed E-state index contributed by atoms with van der Waals surface area (Å²) in [6.45, 7) is 0. The van der Waals surface area contributed by atoms with Gasteiger partial charge in [0.2, 0.25) is 5.91 Å². The van der Waals surface area contributed by atoms with E-state index >= 15 is 0 Å². The number of benzene rings is 2. The Bertz CT molecular complexity index is 768. The van der Waals surface area contributed by atoms with Crippen molar-refractivity contribution in [3.8, 4) is 0 Å². The summed E-state index contributed by atoms with van der Waals surface area (Å²) in [6, 6.07) is 19.0. The molecular weight excluding hydrogens is 328 g/mol. The van der Waals surface area contributed by atoms with E-state index in [0.29, 0.717) is 11.4 Å². The van der Waals surface area contributed by atoms with Gasteiger partial charge in [-0.2, -0.15) is 0 Å². The summed E-state index contributed by atoms with van der Waals surface area (Å²) in [5.41, 5.74) is 2.70. The largest absolute Gasteiger partial charge is 0.356 e. The van der Waals surface area contributed by atoms with E-state index in [9.17, 15) is 4.79 Å². The number of carbonyl (C=O) groups excluding carboxylic acids is 1. The maximum absolute atomic E-state index is 12.0. The summed E-state index contributed by atoms with van der Waals surface area (Å²) in [5, 5.41) is 8.86. The van der Waals surface area contributed by atoms with E-state index in [1.165, 1.54) is 0 Å². The molecule has 0 bridgehead atoms. The molecule has 0 spiro atoms. The van der Waals surface area contributed by atoms with Crippen LogP contribution in [-0.2, 0) is 11.2 Å². The summed E-state index contributed by atoms with van der Waals surface area (Å²) in [7, 11) is 0. The molecule has 0 fully saturated rings. The lowest BCUT2D eigenvalue weighted by atomic mass is 10.2. The lowest BCUT2D eigenvalue weighted by Gasteiger charge is -2.08. The number of halogens is 1. The maximum Gasteiger partial charge on any atom is 0.229 e. The molecule has 1 aromatic heterocycles. The quantitative estimate of drug-likeness (QED) is 0.658. The van der Waals surface area contributed by atoms with E-state index in [4.69, 9.17) is 11.6 Å². The van der Waals surface area contributed by atoms with Gasteiger partial charge in [0.1, 0.15) is 0 Å². The predicted octanol–water partition coefficient (Wildman–Crippen LogP) is 5.33. The molecular formula is C18H15ClN2OS. The molecule has 3 rings (SSSR count). The average Bonchev–Trinajstić information content (AvgIpc) is 3.04. The highest BCUT2D eigenvalue weighted by Crippen LogP contribution is 2.21. The highest BCUT2D eigenvalue weighted by molar-refractivity contribution is 7.10. The van der Waals surface area contributed by atoms with E-state index in [1.807, 2.05) is 66.0 Å². The van der Waals surface area contributed by atoms with Gasteiger partial charge >= 0.3 is 0 Å². The van der Waals surface area contributed by atoms with Crippen LogP contribution in [0.5, 0.6) is 0 Å². The molecule has 0 unspecified atom stereocenters. The van der Waals surface area contributed by atoms with Gasteiger partial charge in [0, 0.05) is 27.0 Å². The SMILES string of the molecule is O=C(Cc1cccs1)Nc1ccc(Nc2ccc(Cl)cc2)cc1. The third kappa shape index (κ3) is 4.58. The number of carbonyl (C=O) groups is 1. The van der Waals surface area contributed by atoms with Crippen LogP contribution in [0.3, 0.4) is 0 Å². The monoisotopic (exact) mass is 342 g/mol. The fraction of sp³-hybridized carbons (Fsp3) is 0.0556. The number of hydrogen-bond acceptors (Lipinski definition) is 3. The van der Waals surface area contributed by atoms with Gasteiger partial charge in [-0.15, -0.1) is 11.3 Å². The molecule has 1 heterocycles. The third-order valence-electron chi connectivity index (χ3n) is 3.22. The van der Waals surface area contributed by atoms with Crippen LogP contribution in [0.15, 0.2) is 66.0 Å². The number of nitrogens with one attached hydrogen (secondary N) is 2. The van der Waals surface area contributed by atoms with E-state index in [0.717, 1.165) is 21.9 Å². The number of thiophene rings is 1. The van der Waals surface area contributed by atoms with Gasteiger partial charge in [-0.3, -0.25) is 4.79 Å². The minimum atomic E-state index is -0.00846. The lowest BCUT2D eigenvalue weighted by Crippen LogP contribution is -2.13. The van der Waals surface area contributed by atoms with Gasteiger partial charge in [-0.25, -0.2) is 0 Å². The Kier molecular flexibility index (Phi) is 4.95. The van der Waals surface area contributed by atoms with Crippen LogP contribution >= 0.6 is 22.9 Å². The van der Waals surface area contributed by atoms with Crippen molar-refractivity contribution in [1.82, 2.24) is 0 Å². The van der Waals surface area contributed by atoms with Gasteiger partial charge in [-0.05, 0) is 60.0 Å². The molecule has 0 aliphatic rings. The Hall–Kier alpha value is -2.30. The number of amides is 1. The molecule has 3 nitrogen and oxygen atoms in total. The molecule has 23 heavy (non-hydrogen) atoms. The van der Waals surface area contributed by atoms with Crippen molar-refractivity contribution in [3.63, 3.8) is 0 Å². The average molecular weight is 343 g/mol. The molecule has 0 atom stereocenters. The molecule has 2 aromatic carbocycles. The van der Waals surface area contributed by atoms with Gasteiger partial charge in [0.15, 0.2) is 0 Å². The Morgan fingerprint density at radius 2 is 1.52 bits per heavy atom. The number of anilines is 3. The molecule has 5 heteroatoms. The number of hydrogen-bond donors (Lipinski definition) is 2. The van der Waals surface area contributed by atoms with Crippen molar-refractivity contribution >= 4 is 45.9 Å². The summed E-state index contributed by atoms with van der Waals surface area (Å²) >= 11 is 7.45. The first-order chi connectivity index (χ1) is 11.2. The van der Waals surface area contributed by atoms with E-state index < -0.39 is 0 Å². The standard InChI is InChI=1S/C18H15ClN2OS/c19-13-3-5-14(6-4-13)20-15-7-9-16(10-8-15)21-18(22)12-17-2-1-11-23-17/h1-11,20H,12H2,(H,21,22). The first kappa shape index (κ1) is 15.6. The van der Waals surface area contributed by atoms with Gasteiger partial charge in [0.05, 0.1) is 6.42 Å². The minimum Gasteiger partial charge on any atom is -0.356 e. The molecule has 0 saturated carbocycles. The fourth-order valence-electron chi connectivity index (χ4n) is 2.11. The molecule has 0 saturated heterocycles. The predicted molar refractivity (Wildman–Crippen MR) is 97.8 cm³/mol. The van der Waals surface area contributed by atoms with Crippen molar-refractivity contribution in [3.05, 3.63) is 75.9 Å². The zero-order valence-corrected chi connectivity index (χ0v) is 13.8.